The molecule has 3 aliphatic heterocycles. The van der Waals surface area contributed by atoms with E-state index in [1.807, 2.05) is 0 Å². The van der Waals surface area contributed by atoms with Crippen molar-refractivity contribution in [2.24, 2.45) is 5.73 Å². The van der Waals surface area contributed by atoms with Crippen LogP contribution in [0.25, 0.3) is 0 Å². The van der Waals surface area contributed by atoms with Gasteiger partial charge >= 0.3 is 11.9 Å². The van der Waals surface area contributed by atoms with Gasteiger partial charge in [0.1, 0.15) is 41.9 Å². The summed E-state index contributed by atoms with van der Waals surface area (Å²) >= 11 is 0. The number of likely N-dealkylation sites (N-methyl/N-ethyl adjacent to an activating group) is 1. The highest BCUT2D eigenvalue weighted by Crippen LogP contribution is 2.56. The third-order valence-electron chi connectivity index (χ3n) is 10.4. The van der Waals surface area contributed by atoms with Gasteiger partial charge in [0, 0.05) is 48.8 Å². The normalized spacial score (nSPS) is 17.6. The summed E-state index contributed by atoms with van der Waals surface area (Å²) in [4.78, 5) is 119. The number of hydrogen-bond donors (Lipinski definition) is 9. The zero-order valence-corrected chi connectivity index (χ0v) is 33.7. The Labute approximate surface area is 358 Å². The number of nitrogens with one attached hydrogen (secondary N) is 6. The van der Waals surface area contributed by atoms with Gasteiger partial charge in [-0.1, -0.05) is 18.2 Å². The second kappa shape index (κ2) is 19.3. The molecule has 1 spiro atoms. The third-order valence-corrected chi connectivity index (χ3v) is 10.4. The number of aromatic hydroxyl groups is 1. The minimum Gasteiger partial charge on any atom is -0.508 e. The molecule has 3 aromatic carbocycles. The topological polar surface area (TPSA) is 323 Å². The van der Waals surface area contributed by atoms with Crippen molar-refractivity contribution in [2.45, 2.75) is 55.8 Å². The summed E-state index contributed by atoms with van der Waals surface area (Å²) in [6.45, 7) is -1.60. The summed E-state index contributed by atoms with van der Waals surface area (Å²) in [6.07, 6.45) is -0.716. The molecule has 1 unspecified atom stereocenters. The molecule has 3 aliphatic rings. The Morgan fingerprint density at radius 1 is 0.873 bits per heavy atom. The summed E-state index contributed by atoms with van der Waals surface area (Å²) in [5, 5.41) is 31.0. The van der Waals surface area contributed by atoms with Crippen LogP contribution in [0.1, 0.15) is 59.2 Å². The van der Waals surface area contributed by atoms with Gasteiger partial charge in [-0.15, -0.1) is 5.48 Å². The number of likely N-dealkylation sites (tertiary alicyclic amines) is 1. The number of phenolic OH excluding ortho intramolecular Hbond substituents is 1. The molecular weight excluding hydrogens is 828 g/mol. The van der Waals surface area contributed by atoms with Gasteiger partial charge in [-0.05, 0) is 49.6 Å². The van der Waals surface area contributed by atoms with Crippen molar-refractivity contribution in [3.63, 3.8) is 0 Å². The average molecular weight is 873 g/mol. The predicted octanol–water partition coefficient (Wildman–Crippen LogP) is -1.48. The summed E-state index contributed by atoms with van der Waals surface area (Å²) in [7, 11) is 1.31. The number of primary amides is 1. The second-order valence-corrected chi connectivity index (χ2v) is 14.6. The number of hydrogen-bond acceptors (Lipinski definition) is 14. The monoisotopic (exact) mass is 872 g/mol. The smallest absolute Gasteiger partial charge is 0.340 e. The maximum absolute atomic E-state index is 13.5. The Balaban J connectivity index is 0.973. The van der Waals surface area contributed by atoms with E-state index in [1.54, 1.807) is 42.5 Å². The molecule has 1 fully saturated rings. The fourth-order valence-corrected chi connectivity index (χ4v) is 7.50. The van der Waals surface area contributed by atoms with Crippen LogP contribution in [-0.2, 0) is 48.7 Å². The van der Waals surface area contributed by atoms with Crippen molar-refractivity contribution in [3.05, 3.63) is 82.9 Å². The van der Waals surface area contributed by atoms with Crippen LogP contribution in [-0.4, -0.2) is 120 Å². The number of nitrogens with two attached hydrogens (primary N) is 1. The number of esters is 1. The number of carboxylic acids is 1. The Kier molecular flexibility index (Phi) is 13.7. The van der Waals surface area contributed by atoms with Crippen molar-refractivity contribution >= 4 is 53.3 Å². The van der Waals surface area contributed by atoms with Gasteiger partial charge < -0.3 is 61.7 Å². The fraction of sp³-hybridized carbons (Fsp3) is 0.341. The lowest BCUT2D eigenvalue weighted by atomic mass is 9.77. The first-order chi connectivity index (χ1) is 30.1. The van der Waals surface area contributed by atoms with E-state index in [0.29, 0.717) is 28.7 Å². The molecule has 3 aromatic rings. The van der Waals surface area contributed by atoms with Gasteiger partial charge in [0.05, 0.1) is 25.1 Å². The number of rotatable bonds is 18. The minimum atomic E-state index is -1.52. The van der Waals surface area contributed by atoms with E-state index in [4.69, 9.17) is 25.2 Å². The highest BCUT2D eigenvalue weighted by molar-refractivity contribution is 5.98. The van der Waals surface area contributed by atoms with Crippen molar-refractivity contribution < 1.29 is 67.7 Å². The van der Waals surface area contributed by atoms with Gasteiger partial charge in [-0.2, -0.15) is 0 Å². The fourth-order valence-electron chi connectivity index (χ4n) is 7.50. The summed E-state index contributed by atoms with van der Waals surface area (Å²) < 4.78 is 12.1. The SMILES string of the molecule is CNC(=O)[C@H](CCC(=O)O)NC(=O)[C@@H]1CCCN1C(=O)[C@H](CC(N)=O)NC(=O)CNC(=O)CNC(=O)CNOc1ccc2c(c1)Oc1cc(O)ccc1C21OC(=O)c2ccccc21. The molecule has 332 valence electrons. The van der Waals surface area contributed by atoms with Crippen molar-refractivity contribution in [1.29, 1.82) is 0 Å². The summed E-state index contributed by atoms with van der Waals surface area (Å²) in [6, 6.07) is 12.3. The number of carbonyl (C=O) groups excluding carboxylic acids is 8. The standard InChI is InChI=1S/C41H44N8O14/c1-43-37(57)27(12-13-36(55)56)48-38(58)29-7-4-14-49(29)39(59)28(17-32(42)51)47-35(54)19-45-33(52)18-44-34(53)20-46-63-22-9-11-26-31(16-22)61-30-15-21(50)8-10-25(30)41(26)24-6-3-2-5-23(24)40(60)62-41/h2-3,5-6,8-11,15-16,27-29,46,50H,4,7,12-14,17-20H2,1H3,(H2,42,51)(H,43,57)(H,44,53)(H,45,52)(H,47,54)(H,48,58)(H,55,56)/t27-,28-,29-,41?/m0/s1. The highest BCUT2D eigenvalue weighted by atomic mass is 16.6. The Morgan fingerprint density at radius 2 is 1.56 bits per heavy atom. The molecule has 0 aromatic heterocycles. The lowest BCUT2D eigenvalue weighted by molar-refractivity contribution is -0.143. The van der Waals surface area contributed by atoms with E-state index in [2.05, 4.69) is 32.1 Å². The first kappa shape index (κ1) is 44.8. The van der Waals surface area contributed by atoms with E-state index >= 15 is 0 Å². The van der Waals surface area contributed by atoms with E-state index in [-0.39, 0.29) is 42.4 Å². The maximum atomic E-state index is 13.5. The van der Waals surface area contributed by atoms with Gasteiger partial charge in [0.2, 0.25) is 41.4 Å². The lowest BCUT2D eigenvalue weighted by Crippen LogP contribution is -2.57. The third kappa shape index (κ3) is 10.1. The molecule has 10 N–H and O–H groups in total. The molecule has 6 rings (SSSR count). The van der Waals surface area contributed by atoms with E-state index in [1.165, 1.54) is 25.2 Å². The van der Waals surface area contributed by atoms with Crippen LogP contribution in [0.15, 0.2) is 60.7 Å². The zero-order chi connectivity index (χ0) is 45.4. The number of fused-ring (bicyclic) bond motifs is 6. The molecular formula is C41H44N8O14. The highest BCUT2D eigenvalue weighted by Gasteiger charge is 2.53. The van der Waals surface area contributed by atoms with Crippen molar-refractivity contribution in [3.8, 4) is 23.0 Å². The Bertz CT molecular complexity index is 2360. The number of phenols is 1. The number of nitrogens with zero attached hydrogens (tertiary/aromatic N) is 1. The van der Waals surface area contributed by atoms with Crippen LogP contribution < -0.4 is 47.4 Å². The molecule has 3 heterocycles. The van der Waals surface area contributed by atoms with Gasteiger partial charge in [-0.25, -0.2) is 4.79 Å². The zero-order valence-electron chi connectivity index (χ0n) is 33.7. The Morgan fingerprint density at radius 3 is 2.27 bits per heavy atom. The molecule has 0 saturated carbocycles. The van der Waals surface area contributed by atoms with E-state index < -0.39 is 109 Å². The van der Waals surface area contributed by atoms with Crippen LogP contribution in [0.3, 0.4) is 0 Å². The molecule has 0 aliphatic carbocycles. The van der Waals surface area contributed by atoms with Crippen LogP contribution >= 0.6 is 0 Å². The molecule has 0 radical (unpaired) electrons. The van der Waals surface area contributed by atoms with E-state index in [9.17, 15) is 48.3 Å². The number of carboxylic acid groups (broad SMARTS) is 1. The number of hydroxylamine groups is 1. The quantitative estimate of drug-likeness (QED) is 0.0520. The second-order valence-electron chi connectivity index (χ2n) is 14.6. The molecule has 0 bridgehead atoms. The molecule has 4 atom stereocenters. The first-order valence-electron chi connectivity index (χ1n) is 19.6. The average Bonchev–Trinajstić information content (AvgIpc) is 3.86. The number of aliphatic carboxylic acids is 1. The first-order valence-corrected chi connectivity index (χ1v) is 19.6. The molecule has 63 heavy (non-hydrogen) atoms. The van der Waals surface area contributed by atoms with Gasteiger partial charge in [-0.3, -0.25) is 38.4 Å². The lowest BCUT2D eigenvalue weighted by Gasteiger charge is -2.36. The van der Waals surface area contributed by atoms with Crippen LogP contribution in [0.4, 0.5) is 0 Å². The molecule has 1 saturated heterocycles. The van der Waals surface area contributed by atoms with Crippen LogP contribution in [0, 0.1) is 0 Å². The minimum absolute atomic E-state index is 0.0652. The predicted molar refractivity (Wildman–Crippen MR) is 214 cm³/mol. The van der Waals surface area contributed by atoms with Crippen LogP contribution in [0.5, 0.6) is 23.0 Å². The Hall–Kier alpha value is -7.75. The van der Waals surface area contributed by atoms with Gasteiger partial charge in [0.15, 0.2) is 11.4 Å². The van der Waals surface area contributed by atoms with Crippen LogP contribution in [0.2, 0.25) is 0 Å². The number of amides is 7. The summed E-state index contributed by atoms with van der Waals surface area (Å²) in [5.41, 5.74) is 8.40. The van der Waals surface area contributed by atoms with Gasteiger partial charge in [0.25, 0.3) is 0 Å². The molecule has 22 heteroatoms. The summed E-state index contributed by atoms with van der Waals surface area (Å²) in [5.74, 6) is -6.61. The number of benzene rings is 3. The number of carbonyl (C=O) groups is 9. The molecule has 7 amide bonds. The molecule has 22 nitrogen and oxygen atoms in total. The van der Waals surface area contributed by atoms with Crippen molar-refractivity contribution in [1.82, 2.24) is 37.0 Å². The van der Waals surface area contributed by atoms with Crippen molar-refractivity contribution in [2.75, 3.05) is 33.2 Å². The maximum Gasteiger partial charge on any atom is 0.340 e. The largest absolute Gasteiger partial charge is 0.508 e. The number of ether oxygens (including phenoxy) is 2. The van der Waals surface area contributed by atoms with E-state index in [0.717, 1.165) is 4.90 Å².